The number of amides is 1. The molecule has 104 valence electrons. The molecule has 1 heterocycles. The Morgan fingerprint density at radius 3 is 2.84 bits per heavy atom. The van der Waals surface area contributed by atoms with Gasteiger partial charge in [-0.15, -0.1) is 0 Å². The molecule has 1 aromatic carbocycles. The summed E-state index contributed by atoms with van der Waals surface area (Å²) < 4.78 is 0.997. The summed E-state index contributed by atoms with van der Waals surface area (Å²) in [6.45, 7) is 5.89. The van der Waals surface area contributed by atoms with E-state index in [4.69, 9.17) is 0 Å². The predicted molar refractivity (Wildman–Crippen MR) is 82.3 cm³/mol. The van der Waals surface area contributed by atoms with Gasteiger partial charge in [0, 0.05) is 16.7 Å². The lowest BCUT2D eigenvalue weighted by Crippen LogP contribution is -2.38. The molecule has 2 rings (SSSR count). The number of halogens is 1. The van der Waals surface area contributed by atoms with Crippen molar-refractivity contribution in [2.45, 2.75) is 33.1 Å². The van der Waals surface area contributed by atoms with E-state index in [9.17, 15) is 4.79 Å². The molecule has 1 fully saturated rings. The summed E-state index contributed by atoms with van der Waals surface area (Å²) >= 11 is 3.47. The third-order valence-electron chi connectivity index (χ3n) is 3.75. The van der Waals surface area contributed by atoms with Crippen molar-refractivity contribution in [3.63, 3.8) is 0 Å². The van der Waals surface area contributed by atoms with Crippen LogP contribution in [0.1, 0.15) is 31.7 Å². The standard InChI is InChI=1S/C15H21BrN2O/c1-3-4-15(5-6-17-10-15)14(19)18-13-8-11(2)7-12(16)9-13/h7-9,17H,3-6,10H2,1-2H3,(H,18,19). The van der Waals surface area contributed by atoms with E-state index >= 15 is 0 Å². The molecule has 1 aliphatic rings. The molecule has 19 heavy (non-hydrogen) atoms. The van der Waals surface area contributed by atoms with Crippen LogP contribution >= 0.6 is 15.9 Å². The third kappa shape index (κ3) is 3.37. The fourth-order valence-corrected chi connectivity index (χ4v) is 3.42. The van der Waals surface area contributed by atoms with Crippen LogP contribution < -0.4 is 10.6 Å². The van der Waals surface area contributed by atoms with Gasteiger partial charge in [0.1, 0.15) is 0 Å². The molecule has 0 bridgehead atoms. The molecule has 3 nitrogen and oxygen atoms in total. The highest BCUT2D eigenvalue weighted by Gasteiger charge is 2.40. The minimum absolute atomic E-state index is 0.150. The number of rotatable bonds is 4. The van der Waals surface area contributed by atoms with Gasteiger partial charge >= 0.3 is 0 Å². The summed E-state index contributed by atoms with van der Waals surface area (Å²) in [6, 6.07) is 5.99. The first-order valence-electron chi connectivity index (χ1n) is 6.85. The second-order valence-corrected chi connectivity index (χ2v) is 6.34. The van der Waals surface area contributed by atoms with Gasteiger partial charge in [0.2, 0.25) is 5.91 Å². The monoisotopic (exact) mass is 324 g/mol. The van der Waals surface area contributed by atoms with Crippen molar-refractivity contribution >= 4 is 27.5 Å². The normalized spacial score (nSPS) is 22.5. The smallest absolute Gasteiger partial charge is 0.231 e. The summed E-state index contributed by atoms with van der Waals surface area (Å²) in [7, 11) is 0. The molecule has 0 aliphatic carbocycles. The number of carbonyl (C=O) groups is 1. The van der Waals surface area contributed by atoms with Crippen LogP contribution in [-0.2, 0) is 4.79 Å². The van der Waals surface area contributed by atoms with Gasteiger partial charge in [-0.2, -0.15) is 0 Å². The predicted octanol–water partition coefficient (Wildman–Crippen LogP) is 3.48. The maximum atomic E-state index is 12.6. The molecule has 0 spiro atoms. The fourth-order valence-electron chi connectivity index (χ4n) is 2.82. The Morgan fingerprint density at radius 1 is 1.47 bits per heavy atom. The maximum absolute atomic E-state index is 12.6. The zero-order valence-corrected chi connectivity index (χ0v) is 13.1. The molecule has 1 saturated heterocycles. The van der Waals surface area contributed by atoms with E-state index < -0.39 is 0 Å². The number of hydrogen-bond donors (Lipinski definition) is 2. The van der Waals surface area contributed by atoms with Gasteiger partial charge in [-0.05, 0) is 50.1 Å². The van der Waals surface area contributed by atoms with Crippen molar-refractivity contribution in [2.75, 3.05) is 18.4 Å². The van der Waals surface area contributed by atoms with Crippen LogP contribution in [-0.4, -0.2) is 19.0 Å². The Hall–Kier alpha value is -0.870. The van der Waals surface area contributed by atoms with E-state index in [2.05, 4.69) is 33.5 Å². The summed E-state index contributed by atoms with van der Waals surface area (Å²) in [6.07, 6.45) is 2.91. The SMILES string of the molecule is CCCC1(C(=O)Nc2cc(C)cc(Br)c2)CCNC1. The van der Waals surface area contributed by atoms with Gasteiger partial charge in [-0.25, -0.2) is 0 Å². The molecule has 0 saturated carbocycles. The van der Waals surface area contributed by atoms with E-state index in [0.29, 0.717) is 0 Å². The van der Waals surface area contributed by atoms with E-state index in [1.807, 2.05) is 25.1 Å². The van der Waals surface area contributed by atoms with Gasteiger partial charge in [-0.3, -0.25) is 4.79 Å². The Bertz CT molecular complexity index is 447. The number of nitrogens with one attached hydrogen (secondary N) is 2. The molecule has 1 unspecified atom stereocenters. The average Bonchev–Trinajstić information content (AvgIpc) is 2.78. The van der Waals surface area contributed by atoms with E-state index in [1.165, 1.54) is 0 Å². The molecule has 1 aromatic rings. The summed E-state index contributed by atoms with van der Waals surface area (Å²) in [5.41, 5.74) is 1.78. The Labute approximate surface area is 123 Å². The lowest BCUT2D eigenvalue weighted by molar-refractivity contribution is -0.125. The van der Waals surface area contributed by atoms with Crippen molar-refractivity contribution in [3.8, 4) is 0 Å². The highest BCUT2D eigenvalue weighted by molar-refractivity contribution is 9.10. The van der Waals surface area contributed by atoms with E-state index in [0.717, 1.165) is 48.1 Å². The molecular weight excluding hydrogens is 304 g/mol. The van der Waals surface area contributed by atoms with Crippen LogP contribution in [0.3, 0.4) is 0 Å². The Kier molecular flexibility index (Phi) is 4.63. The molecule has 4 heteroatoms. The van der Waals surface area contributed by atoms with E-state index in [1.54, 1.807) is 0 Å². The number of carbonyl (C=O) groups excluding carboxylic acids is 1. The molecule has 1 amide bonds. The lowest BCUT2D eigenvalue weighted by atomic mass is 9.81. The molecular formula is C15H21BrN2O. The highest BCUT2D eigenvalue weighted by Crippen LogP contribution is 2.33. The minimum atomic E-state index is -0.231. The van der Waals surface area contributed by atoms with Crippen LogP contribution in [0.25, 0.3) is 0 Å². The van der Waals surface area contributed by atoms with Gasteiger partial charge in [-0.1, -0.05) is 29.3 Å². The molecule has 2 N–H and O–H groups in total. The van der Waals surface area contributed by atoms with Crippen molar-refractivity contribution < 1.29 is 4.79 Å². The third-order valence-corrected chi connectivity index (χ3v) is 4.21. The van der Waals surface area contributed by atoms with Crippen molar-refractivity contribution in [2.24, 2.45) is 5.41 Å². The zero-order chi connectivity index (χ0) is 13.9. The van der Waals surface area contributed by atoms with Gasteiger partial charge in [0.25, 0.3) is 0 Å². The van der Waals surface area contributed by atoms with Gasteiger partial charge in [0.15, 0.2) is 0 Å². The highest BCUT2D eigenvalue weighted by atomic mass is 79.9. The molecule has 0 aromatic heterocycles. The van der Waals surface area contributed by atoms with Crippen LogP contribution in [0.5, 0.6) is 0 Å². The minimum Gasteiger partial charge on any atom is -0.326 e. The number of anilines is 1. The van der Waals surface area contributed by atoms with E-state index in [-0.39, 0.29) is 11.3 Å². The number of benzene rings is 1. The van der Waals surface area contributed by atoms with Crippen molar-refractivity contribution in [1.82, 2.24) is 5.32 Å². The van der Waals surface area contributed by atoms with Crippen molar-refractivity contribution in [1.29, 1.82) is 0 Å². The van der Waals surface area contributed by atoms with Crippen molar-refractivity contribution in [3.05, 3.63) is 28.2 Å². The first-order chi connectivity index (χ1) is 9.05. The summed E-state index contributed by atoms with van der Waals surface area (Å²) in [5.74, 6) is 0.150. The van der Waals surface area contributed by atoms with Gasteiger partial charge < -0.3 is 10.6 Å². The van der Waals surface area contributed by atoms with Crippen LogP contribution in [0, 0.1) is 12.3 Å². The lowest BCUT2D eigenvalue weighted by Gasteiger charge is -2.26. The average molecular weight is 325 g/mol. The largest absolute Gasteiger partial charge is 0.326 e. The molecule has 0 radical (unpaired) electrons. The van der Waals surface area contributed by atoms with Crippen LogP contribution in [0.2, 0.25) is 0 Å². The van der Waals surface area contributed by atoms with Gasteiger partial charge in [0.05, 0.1) is 5.41 Å². The number of aryl methyl sites for hydroxylation is 1. The quantitative estimate of drug-likeness (QED) is 0.890. The molecule has 1 aliphatic heterocycles. The second-order valence-electron chi connectivity index (χ2n) is 5.43. The van der Waals surface area contributed by atoms with Crippen LogP contribution in [0.15, 0.2) is 22.7 Å². The maximum Gasteiger partial charge on any atom is 0.231 e. The topological polar surface area (TPSA) is 41.1 Å². The fraction of sp³-hybridized carbons (Fsp3) is 0.533. The first kappa shape index (κ1) is 14.5. The zero-order valence-electron chi connectivity index (χ0n) is 11.6. The molecule has 1 atom stereocenters. The summed E-state index contributed by atoms with van der Waals surface area (Å²) in [4.78, 5) is 12.6. The van der Waals surface area contributed by atoms with Crippen LogP contribution in [0.4, 0.5) is 5.69 Å². The Balaban J connectivity index is 2.14. The number of hydrogen-bond acceptors (Lipinski definition) is 2. The second kappa shape index (κ2) is 6.06. The Morgan fingerprint density at radius 2 is 2.26 bits per heavy atom. The first-order valence-corrected chi connectivity index (χ1v) is 7.64. The summed E-state index contributed by atoms with van der Waals surface area (Å²) in [5, 5.41) is 6.40.